The van der Waals surface area contributed by atoms with E-state index < -0.39 is 15.4 Å². The largest absolute Gasteiger partial charge is 0.393 e. The van der Waals surface area contributed by atoms with Crippen LogP contribution in [0.2, 0.25) is 0 Å². The molecule has 5 heteroatoms. The maximum Gasteiger partial charge on any atom is 0.267 e. The van der Waals surface area contributed by atoms with E-state index in [1.807, 2.05) is 13.8 Å². The maximum absolute atomic E-state index is 11.2. The molecule has 0 saturated carbocycles. The van der Waals surface area contributed by atoms with Gasteiger partial charge in [-0.3, -0.25) is 4.55 Å². The quantitative estimate of drug-likeness (QED) is 0.399. The molecule has 0 rings (SSSR count). The predicted octanol–water partition coefficient (Wildman–Crippen LogP) is 3.93. The van der Waals surface area contributed by atoms with Crippen LogP contribution in [0.15, 0.2) is 0 Å². The monoisotopic (exact) mass is 308 g/mol. The van der Waals surface area contributed by atoms with Crippen molar-refractivity contribution in [2.45, 2.75) is 95.8 Å². The van der Waals surface area contributed by atoms with Crippen molar-refractivity contribution >= 4 is 10.1 Å². The summed E-state index contributed by atoms with van der Waals surface area (Å²) in [4.78, 5) is 0. The van der Waals surface area contributed by atoms with Gasteiger partial charge in [-0.1, -0.05) is 58.8 Å². The summed E-state index contributed by atoms with van der Waals surface area (Å²) in [5.41, 5.74) is 0. The summed E-state index contributed by atoms with van der Waals surface area (Å²) in [7, 11) is -3.88. The zero-order chi connectivity index (χ0) is 15.4. The van der Waals surface area contributed by atoms with E-state index in [4.69, 9.17) is 0 Å². The van der Waals surface area contributed by atoms with Gasteiger partial charge in [0.25, 0.3) is 10.1 Å². The molecule has 0 aliphatic heterocycles. The minimum atomic E-state index is -3.88. The first-order chi connectivity index (χ1) is 9.41. The van der Waals surface area contributed by atoms with E-state index in [0.29, 0.717) is 12.8 Å². The first-order valence-electron chi connectivity index (χ1n) is 8.06. The molecule has 0 amide bonds. The highest BCUT2D eigenvalue weighted by atomic mass is 32.2. The highest BCUT2D eigenvalue weighted by Gasteiger charge is 2.21. The Morgan fingerprint density at radius 3 is 1.85 bits per heavy atom. The van der Waals surface area contributed by atoms with E-state index in [1.165, 1.54) is 0 Å². The van der Waals surface area contributed by atoms with E-state index >= 15 is 0 Å². The minimum absolute atomic E-state index is 0.173. The summed E-state index contributed by atoms with van der Waals surface area (Å²) in [5.74, 6) is 0. The number of aliphatic hydroxyl groups is 1. The predicted molar refractivity (Wildman–Crippen MR) is 83.5 cm³/mol. The fourth-order valence-electron chi connectivity index (χ4n) is 2.36. The molecule has 2 N–H and O–H groups in total. The van der Waals surface area contributed by atoms with Crippen LogP contribution < -0.4 is 0 Å². The molecule has 20 heavy (non-hydrogen) atoms. The molecular weight excluding hydrogens is 276 g/mol. The van der Waals surface area contributed by atoms with Crippen molar-refractivity contribution in [1.82, 2.24) is 0 Å². The Morgan fingerprint density at radius 2 is 1.35 bits per heavy atom. The number of hydrogen-bond donors (Lipinski definition) is 2. The summed E-state index contributed by atoms with van der Waals surface area (Å²) >= 11 is 0. The number of hydrogen-bond acceptors (Lipinski definition) is 3. The van der Waals surface area contributed by atoms with Crippen molar-refractivity contribution in [3.8, 4) is 0 Å². The van der Waals surface area contributed by atoms with Crippen molar-refractivity contribution in [1.29, 1.82) is 0 Å². The molecule has 0 spiro atoms. The second kappa shape index (κ2) is 11.5. The van der Waals surface area contributed by atoms with Crippen LogP contribution in [0.3, 0.4) is 0 Å². The average molecular weight is 308 g/mol. The van der Waals surface area contributed by atoms with Crippen LogP contribution in [0.5, 0.6) is 0 Å². The second-order valence-electron chi connectivity index (χ2n) is 5.69. The van der Waals surface area contributed by atoms with E-state index in [-0.39, 0.29) is 6.10 Å². The van der Waals surface area contributed by atoms with Gasteiger partial charge in [0.2, 0.25) is 0 Å². The molecule has 0 aliphatic rings. The third kappa shape index (κ3) is 10.6. The van der Waals surface area contributed by atoms with Gasteiger partial charge in [0.1, 0.15) is 0 Å². The van der Waals surface area contributed by atoms with Gasteiger partial charge >= 0.3 is 0 Å². The Balaban J connectivity index is 3.69. The lowest BCUT2D eigenvalue weighted by Gasteiger charge is -2.13. The molecule has 0 aliphatic carbocycles. The SMILES string of the molecule is CCCCC(CCCCCCCC(O)CC)S(=O)(=O)O. The van der Waals surface area contributed by atoms with E-state index in [0.717, 1.165) is 57.8 Å². The van der Waals surface area contributed by atoms with Crippen LogP contribution in [0.4, 0.5) is 0 Å². The van der Waals surface area contributed by atoms with Crippen LogP contribution in [-0.4, -0.2) is 29.4 Å². The van der Waals surface area contributed by atoms with Crippen LogP contribution in [0.25, 0.3) is 0 Å². The fraction of sp³-hybridized carbons (Fsp3) is 1.00. The Kier molecular flexibility index (Phi) is 11.4. The summed E-state index contributed by atoms with van der Waals surface area (Å²) in [6.07, 6.45) is 9.48. The molecule has 0 aromatic rings. The molecule has 0 bridgehead atoms. The van der Waals surface area contributed by atoms with E-state index in [2.05, 4.69) is 0 Å². The van der Waals surface area contributed by atoms with Crippen molar-refractivity contribution in [3.63, 3.8) is 0 Å². The standard InChI is InChI=1S/C15H32O4S/c1-3-5-12-15(20(17,18)19)13-10-8-6-7-9-11-14(16)4-2/h14-16H,3-13H2,1-2H3,(H,17,18,19). The third-order valence-electron chi connectivity index (χ3n) is 3.84. The average Bonchev–Trinajstić information content (AvgIpc) is 2.39. The van der Waals surface area contributed by atoms with Crippen LogP contribution >= 0.6 is 0 Å². The summed E-state index contributed by atoms with van der Waals surface area (Å²) < 4.78 is 31.7. The Labute approximate surface area is 124 Å². The Bertz CT molecular complexity index is 314. The van der Waals surface area contributed by atoms with Gasteiger partial charge in [-0.2, -0.15) is 8.42 Å². The Morgan fingerprint density at radius 1 is 0.850 bits per heavy atom. The zero-order valence-electron chi connectivity index (χ0n) is 13.1. The lowest BCUT2D eigenvalue weighted by Crippen LogP contribution is -2.20. The first kappa shape index (κ1) is 19.9. The lowest BCUT2D eigenvalue weighted by molar-refractivity contribution is 0.156. The van der Waals surface area contributed by atoms with Crippen LogP contribution in [0.1, 0.15) is 84.5 Å². The molecular formula is C15H32O4S. The third-order valence-corrected chi connectivity index (χ3v) is 5.15. The smallest absolute Gasteiger partial charge is 0.267 e. The van der Waals surface area contributed by atoms with Crippen LogP contribution in [0, 0.1) is 0 Å². The van der Waals surface area contributed by atoms with Gasteiger partial charge in [0.15, 0.2) is 0 Å². The first-order valence-corrected chi connectivity index (χ1v) is 9.56. The molecule has 0 heterocycles. The lowest BCUT2D eigenvalue weighted by atomic mass is 10.0. The molecule has 2 atom stereocenters. The zero-order valence-corrected chi connectivity index (χ0v) is 13.9. The van der Waals surface area contributed by atoms with Crippen LogP contribution in [-0.2, 0) is 10.1 Å². The van der Waals surface area contributed by atoms with Gasteiger partial charge < -0.3 is 5.11 Å². The molecule has 0 saturated heterocycles. The van der Waals surface area contributed by atoms with Crippen molar-refractivity contribution in [2.24, 2.45) is 0 Å². The number of unbranched alkanes of at least 4 members (excludes halogenated alkanes) is 5. The topological polar surface area (TPSA) is 74.6 Å². The molecule has 2 unspecified atom stereocenters. The summed E-state index contributed by atoms with van der Waals surface area (Å²) in [5, 5.41) is 8.83. The summed E-state index contributed by atoms with van der Waals surface area (Å²) in [6.45, 7) is 4.00. The van der Waals surface area contributed by atoms with E-state index in [9.17, 15) is 18.1 Å². The van der Waals surface area contributed by atoms with Gasteiger partial charge in [-0.25, -0.2) is 0 Å². The molecule has 4 nitrogen and oxygen atoms in total. The molecule has 0 aromatic carbocycles. The number of aliphatic hydroxyl groups excluding tert-OH is 1. The molecule has 0 fully saturated rings. The van der Waals surface area contributed by atoms with Gasteiger partial charge in [-0.15, -0.1) is 0 Å². The maximum atomic E-state index is 11.2. The normalized spacial score (nSPS) is 15.2. The second-order valence-corrected chi connectivity index (χ2v) is 7.38. The van der Waals surface area contributed by atoms with Gasteiger partial charge in [-0.05, 0) is 25.7 Å². The number of rotatable bonds is 13. The molecule has 0 radical (unpaired) electrons. The van der Waals surface area contributed by atoms with Crippen molar-refractivity contribution in [2.75, 3.05) is 0 Å². The van der Waals surface area contributed by atoms with Gasteiger partial charge in [0.05, 0.1) is 11.4 Å². The Hall–Kier alpha value is -0.130. The van der Waals surface area contributed by atoms with Gasteiger partial charge in [0, 0.05) is 0 Å². The summed E-state index contributed by atoms with van der Waals surface area (Å²) in [6, 6.07) is 0. The fourth-order valence-corrected chi connectivity index (χ4v) is 3.29. The highest BCUT2D eigenvalue weighted by Crippen LogP contribution is 2.18. The van der Waals surface area contributed by atoms with Crippen molar-refractivity contribution < 1.29 is 18.1 Å². The minimum Gasteiger partial charge on any atom is -0.393 e. The van der Waals surface area contributed by atoms with E-state index in [1.54, 1.807) is 0 Å². The molecule has 122 valence electrons. The highest BCUT2D eigenvalue weighted by molar-refractivity contribution is 7.86. The molecule has 0 aromatic heterocycles. The van der Waals surface area contributed by atoms with Crippen molar-refractivity contribution in [3.05, 3.63) is 0 Å².